The molecule has 4 rings (SSSR count). The standard InChI is InChI=1S/C20H23N3O2/c1-13-11-16-18(25-13)12-17(22-16)20(24)23-19(14-5-3-2-4-6-14)15-7-9-21-10-8-15/h2-6,11-12,15,19,21-22H,7-10H2,1H3,(H,23,24). The van der Waals surface area contributed by atoms with E-state index in [-0.39, 0.29) is 11.9 Å². The zero-order valence-corrected chi connectivity index (χ0v) is 14.3. The average molecular weight is 337 g/mol. The number of piperidine rings is 1. The fraction of sp³-hybridized carbons (Fsp3) is 0.350. The number of rotatable bonds is 4. The Morgan fingerprint density at radius 3 is 2.68 bits per heavy atom. The number of amides is 1. The summed E-state index contributed by atoms with van der Waals surface area (Å²) in [5, 5.41) is 6.64. The van der Waals surface area contributed by atoms with Crippen LogP contribution in [-0.2, 0) is 0 Å². The number of carbonyl (C=O) groups excluding carboxylic acids is 1. The number of fused-ring (bicyclic) bond motifs is 1. The van der Waals surface area contributed by atoms with Gasteiger partial charge in [0.05, 0.1) is 11.6 Å². The van der Waals surface area contributed by atoms with Crippen LogP contribution in [0.15, 0.2) is 46.9 Å². The largest absolute Gasteiger partial charge is 0.460 e. The van der Waals surface area contributed by atoms with Crippen LogP contribution in [0, 0.1) is 12.8 Å². The van der Waals surface area contributed by atoms with Gasteiger partial charge in [-0.15, -0.1) is 0 Å². The Balaban J connectivity index is 1.58. The van der Waals surface area contributed by atoms with Crippen LogP contribution in [0.2, 0.25) is 0 Å². The van der Waals surface area contributed by atoms with Crippen molar-refractivity contribution in [2.45, 2.75) is 25.8 Å². The summed E-state index contributed by atoms with van der Waals surface area (Å²) in [6, 6.07) is 14.0. The molecule has 5 heteroatoms. The molecule has 0 saturated carbocycles. The summed E-state index contributed by atoms with van der Waals surface area (Å²) in [5.41, 5.74) is 3.29. The lowest BCUT2D eigenvalue weighted by molar-refractivity contribution is 0.0910. The van der Waals surface area contributed by atoms with Crippen LogP contribution < -0.4 is 10.6 Å². The number of benzene rings is 1. The molecular formula is C20H23N3O2. The summed E-state index contributed by atoms with van der Waals surface area (Å²) in [7, 11) is 0. The van der Waals surface area contributed by atoms with Gasteiger partial charge in [-0.25, -0.2) is 0 Å². The Morgan fingerprint density at radius 1 is 1.20 bits per heavy atom. The van der Waals surface area contributed by atoms with Crippen LogP contribution >= 0.6 is 0 Å². The predicted octanol–water partition coefficient (Wildman–Crippen LogP) is 3.54. The second-order valence-electron chi connectivity index (χ2n) is 6.77. The van der Waals surface area contributed by atoms with Crippen molar-refractivity contribution in [3.05, 3.63) is 59.5 Å². The summed E-state index contributed by atoms with van der Waals surface area (Å²) in [5.74, 6) is 1.19. The van der Waals surface area contributed by atoms with Gasteiger partial charge in [0.2, 0.25) is 0 Å². The third kappa shape index (κ3) is 3.33. The SMILES string of the molecule is Cc1cc2[nH]c(C(=O)NC(c3ccccc3)C3CCNCC3)cc2o1. The Labute approximate surface area is 146 Å². The number of H-pyrrole nitrogens is 1. The highest BCUT2D eigenvalue weighted by Gasteiger charge is 2.27. The molecule has 0 spiro atoms. The van der Waals surface area contributed by atoms with E-state index >= 15 is 0 Å². The molecule has 1 aromatic carbocycles. The minimum Gasteiger partial charge on any atom is -0.460 e. The van der Waals surface area contributed by atoms with E-state index in [4.69, 9.17) is 4.42 Å². The fourth-order valence-corrected chi connectivity index (χ4v) is 3.70. The molecule has 25 heavy (non-hydrogen) atoms. The highest BCUT2D eigenvalue weighted by atomic mass is 16.3. The lowest BCUT2D eigenvalue weighted by Gasteiger charge is -2.31. The summed E-state index contributed by atoms with van der Waals surface area (Å²) < 4.78 is 5.59. The van der Waals surface area contributed by atoms with Gasteiger partial charge >= 0.3 is 0 Å². The number of hydrogen-bond donors (Lipinski definition) is 3. The molecule has 3 heterocycles. The van der Waals surface area contributed by atoms with Gasteiger partial charge in [0, 0.05) is 12.1 Å². The first-order chi connectivity index (χ1) is 12.2. The van der Waals surface area contributed by atoms with Crippen molar-refractivity contribution in [1.29, 1.82) is 0 Å². The van der Waals surface area contributed by atoms with Crippen molar-refractivity contribution in [1.82, 2.24) is 15.6 Å². The van der Waals surface area contributed by atoms with Crippen molar-refractivity contribution in [2.24, 2.45) is 5.92 Å². The number of furan rings is 1. The van der Waals surface area contributed by atoms with Crippen LogP contribution in [0.25, 0.3) is 11.1 Å². The van der Waals surface area contributed by atoms with Gasteiger partial charge in [0.15, 0.2) is 5.58 Å². The Hall–Kier alpha value is -2.53. The average Bonchev–Trinajstić information content (AvgIpc) is 3.18. The van der Waals surface area contributed by atoms with Crippen molar-refractivity contribution >= 4 is 17.0 Å². The number of aryl methyl sites for hydroxylation is 1. The smallest absolute Gasteiger partial charge is 0.268 e. The second kappa shape index (κ2) is 6.76. The first-order valence-corrected chi connectivity index (χ1v) is 8.86. The van der Waals surface area contributed by atoms with E-state index < -0.39 is 0 Å². The van der Waals surface area contributed by atoms with Crippen molar-refractivity contribution < 1.29 is 9.21 Å². The van der Waals surface area contributed by atoms with Gasteiger partial charge in [-0.05, 0) is 44.3 Å². The molecule has 5 nitrogen and oxygen atoms in total. The van der Waals surface area contributed by atoms with Gasteiger partial charge in [-0.1, -0.05) is 30.3 Å². The number of aromatic amines is 1. The number of hydrogen-bond acceptors (Lipinski definition) is 3. The third-order valence-electron chi connectivity index (χ3n) is 4.97. The van der Waals surface area contributed by atoms with E-state index in [1.54, 1.807) is 6.07 Å². The molecule has 1 saturated heterocycles. The summed E-state index contributed by atoms with van der Waals surface area (Å²) in [6.45, 7) is 3.90. The van der Waals surface area contributed by atoms with E-state index in [2.05, 4.69) is 27.8 Å². The van der Waals surface area contributed by atoms with E-state index in [1.807, 2.05) is 31.2 Å². The summed E-state index contributed by atoms with van der Waals surface area (Å²) in [4.78, 5) is 16.0. The van der Waals surface area contributed by atoms with Crippen molar-refractivity contribution in [2.75, 3.05) is 13.1 Å². The minimum atomic E-state index is -0.0866. The van der Waals surface area contributed by atoms with Gasteiger partial charge in [0.1, 0.15) is 11.5 Å². The first-order valence-electron chi connectivity index (χ1n) is 8.86. The highest BCUT2D eigenvalue weighted by molar-refractivity contribution is 5.97. The maximum atomic E-state index is 12.8. The maximum absolute atomic E-state index is 12.8. The normalized spacial score (nSPS) is 16.8. The predicted molar refractivity (Wildman–Crippen MR) is 97.5 cm³/mol. The molecule has 1 aliphatic rings. The monoisotopic (exact) mass is 337 g/mol. The zero-order chi connectivity index (χ0) is 17.2. The summed E-state index contributed by atoms with van der Waals surface area (Å²) in [6.07, 6.45) is 2.12. The second-order valence-corrected chi connectivity index (χ2v) is 6.77. The molecule has 1 aliphatic heterocycles. The molecule has 3 aromatic rings. The number of aromatic nitrogens is 1. The molecule has 3 N–H and O–H groups in total. The Morgan fingerprint density at radius 2 is 1.96 bits per heavy atom. The van der Waals surface area contributed by atoms with Gasteiger partial charge in [-0.3, -0.25) is 4.79 Å². The molecule has 2 aromatic heterocycles. The van der Waals surface area contributed by atoms with Crippen LogP contribution in [0.5, 0.6) is 0 Å². The molecular weight excluding hydrogens is 314 g/mol. The lowest BCUT2D eigenvalue weighted by Crippen LogP contribution is -2.39. The van der Waals surface area contributed by atoms with Crippen LogP contribution in [0.3, 0.4) is 0 Å². The van der Waals surface area contributed by atoms with Gasteiger partial charge < -0.3 is 20.0 Å². The molecule has 1 fully saturated rings. The van der Waals surface area contributed by atoms with Crippen molar-refractivity contribution in [3.8, 4) is 0 Å². The molecule has 0 aliphatic carbocycles. The fourth-order valence-electron chi connectivity index (χ4n) is 3.70. The number of nitrogens with one attached hydrogen (secondary N) is 3. The molecule has 130 valence electrons. The summed E-state index contributed by atoms with van der Waals surface area (Å²) >= 11 is 0. The van der Waals surface area contributed by atoms with E-state index in [0.29, 0.717) is 11.6 Å². The van der Waals surface area contributed by atoms with E-state index in [1.165, 1.54) is 0 Å². The van der Waals surface area contributed by atoms with Gasteiger partial charge in [-0.2, -0.15) is 0 Å². The number of carbonyl (C=O) groups is 1. The topological polar surface area (TPSA) is 70.1 Å². The molecule has 1 unspecified atom stereocenters. The van der Waals surface area contributed by atoms with E-state index in [0.717, 1.165) is 48.4 Å². The molecule has 1 amide bonds. The van der Waals surface area contributed by atoms with Crippen LogP contribution in [0.4, 0.5) is 0 Å². The molecule has 1 atom stereocenters. The first kappa shape index (κ1) is 16.0. The van der Waals surface area contributed by atoms with Crippen molar-refractivity contribution in [3.63, 3.8) is 0 Å². The van der Waals surface area contributed by atoms with E-state index in [9.17, 15) is 4.79 Å². The zero-order valence-electron chi connectivity index (χ0n) is 14.3. The van der Waals surface area contributed by atoms with Crippen LogP contribution in [0.1, 0.15) is 40.7 Å². The quantitative estimate of drug-likeness (QED) is 0.682. The molecule has 0 bridgehead atoms. The Kier molecular flexibility index (Phi) is 4.32. The highest BCUT2D eigenvalue weighted by Crippen LogP contribution is 2.29. The Bertz CT molecular complexity index is 828. The maximum Gasteiger partial charge on any atom is 0.268 e. The van der Waals surface area contributed by atoms with Gasteiger partial charge in [0.25, 0.3) is 5.91 Å². The lowest BCUT2D eigenvalue weighted by atomic mass is 9.86. The van der Waals surface area contributed by atoms with Crippen LogP contribution in [-0.4, -0.2) is 24.0 Å². The minimum absolute atomic E-state index is 0.0205. The third-order valence-corrected chi connectivity index (χ3v) is 4.97. The molecule has 0 radical (unpaired) electrons.